The fraction of sp³-hybridized carbons (Fsp3) is 0.444. The number of allylic oxidation sites excluding steroid dienone is 2. The molecule has 0 unspecified atom stereocenters. The molecule has 1 aromatic heterocycles. The van der Waals surface area contributed by atoms with E-state index in [1.807, 2.05) is 18.7 Å². The predicted octanol–water partition coefficient (Wildman–Crippen LogP) is 2.24. The number of hydrogen-bond donors (Lipinski definition) is 0. The lowest BCUT2D eigenvalue weighted by Gasteiger charge is -1.95. The normalized spacial score (nSPS) is 11.0. The molecule has 0 saturated heterocycles. The number of imidazole rings is 1. The highest BCUT2D eigenvalue weighted by Gasteiger charge is 1.84. The molecule has 60 valence electrons. The minimum absolute atomic E-state index is 1.04. The molecule has 0 fully saturated rings. The Balaban J connectivity index is 2.19. The third kappa shape index (κ3) is 3.03. The Bertz CT molecular complexity index is 199. The monoisotopic (exact) mass is 150 g/mol. The van der Waals surface area contributed by atoms with Crippen LogP contribution in [0, 0.1) is 0 Å². The van der Waals surface area contributed by atoms with E-state index in [1.165, 1.54) is 0 Å². The van der Waals surface area contributed by atoms with Crippen molar-refractivity contribution < 1.29 is 0 Å². The maximum Gasteiger partial charge on any atom is 0.0946 e. The van der Waals surface area contributed by atoms with Gasteiger partial charge >= 0.3 is 0 Å². The van der Waals surface area contributed by atoms with Gasteiger partial charge in [-0.1, -0.05) is 19.1 Å². The molecule has 0 aliphatic rings. The lowest BCUT2D eigenvalue weighted by Crippen LogP contribution is -1.91. The summed E-state index contributed by atoms with van der Waals surface area (Å²) < 4.78 is 2.08. The summed E-state index contributed by atoms with van der Waals surface area (Å²) in [5.74, 6) is 0. The summed E-state index contributed by atoms with van der Waals surface area (Å²) in [5.41, 5.74) is 0. The Morgan fingerprint density at radius 2 is 2.36 bits per heavy atom. The average Bonchev–Trinajstić information content (AvgIpc) is 2.50. The van der Waals surface area contributed by atoms with E-state index < -0.39 is 0 Å². The standard InChI is InChI=1S/C9H14N2/c1-2-3-4-5-7-11-8-6-10-9-11/h3-4,6,8-9H,2,5,7H2,1H3. The predicted molar refractivity (Wildman–Crippen MR) is 46.3 cm³/mol. The van der Waals surface area contributed by atoms with Gasteiger partial charge in [0, 0.05) is 18.9 Å². The van der Waals surface area contributed by atoms with Crippen LogP contribution in [0.2, 0.25) is 0 Å². The van der Waals surface area contributed by atoms with E-state index in [0.29, 0.717) is 0 Å². The van der Waals surface area contributed by atoms with Crippen LogP contribution in [0.25, 0.3) is 0 Å². The molecule has 0 aliphatic heterocycles. The molecular weight excluding hydrogens is 136 g/mol. The molecule has 11 heavy (non-hydrogen) atoms. The second kappa shape index (κ2) is 4.72. The maximum absolute atomic E-state index is 3.96. The first kappa shape index (κ1) is 8.05. The van der Waals surface area contributed by atoms with Crippen molar-refractivity contribution in [2.75, 3.05) is 0 Å². The summed E-state index contributed by atoms with van der Waals surface area (Å²) in [7, 11) is 0. The molecule has 1 aromatic rings. The molecular formula is C9H14N2. The van der Waals surface area contributed by atoms with Gasteiger partial charge in [-0.05, 0) is 12.8 Å². The zero-order valence-electron chi connectivity index (χ0n) is 6.90. The van der Waals surface area contributed by atoms with Gasteiger partial charge in [-0.25, -0.2) is 4.98 Å². The van der Waals surface area contributed by atoms with E-state index in [1.54, 1.807) is 0 Å². The van der Waals surface area contributed by atoms with E-state index in [0.717, 1.165) is 19.4 Å². The van der Waals surface area contributed by atoms with Crippen LogP contribution in [0.1, 0.15) is 19.8 Å². The van der Waals surface area contributed by atoms with E-state index in [4.69, 9.17) is 0 Å². The van der Waals surface area contributed by atoms with Crippen molar-refractivity contribution in [2.24, 2.45) is 0 Å². The van der Waals surface area contributed by atoms with E-state index >= 15 is 0 Å². The fourth-order valence-corrected chi connectivity index (χ4v) is 0.927. The molecule has 2 heteroatoms. The van der Waals surface area contributed by atoms with Crippen molar-refractivity contribution in [1.29, 1.82) is 0 Å². The molecule has 0 aliphatic carbocycles. The van der Waals surface area contributed by atoms with Gasteiger partial charge in [-0.15, -0.1) is 0 Å². The van der Waals surface area contributed by atoms with Crippen molar-refractivity contribution in [2.45, 2.75) is 26.3 Å². The van der Waals surface area contributed by atoms with Crippen molar-refractivity contribution in [3.8, 4) is 0 Å². The molecule has 0 saturated carbocycles. The van der Waals surface area contributed by atoms with Gasteiger partial charge in [-0.2, -0.15) is 0 Å². The van der Waals surface area contributed by atoms with Crippen LogP contribution in [0.15, 0.2) is 30.9 Å². The van der Waals surface area contributed by atoms with Gasteiger partial charge in [-0.3, -0.25) is 0 Å². The summed E-state index contributed by atoms with van der Waals surface area (Å²) >= 11 is 0. The topological polar surface area (TPSA) is 17.8 Å². The lowest BCUT2D eigenvalue weighted by molar-refractivity contribution is 0.708. The van der Waals surface area contributed by atoms with Gasteiger partial charge in [0.25, 0.3) is 0 Å². The van der Waals surface area contributed by atoms with Crippen LogP contribution in [0.5, 0.6) is 0 Å². The number of aromatic nitrogens is 2. The van der Waals surface area contributed by atoms with Crippen LogP contribution in [0.3, 0.4) is 0 Å². The molecule has 0 N–H and O–H groups in total. The molecule has 0 atom stereocenters. The number of aryl methyl sites for hydroxylation is 1. The highest BCUT2D eigenvalue weighted by molar-refractivity contribution is 4.82. The average molecular weight is 150 g/mol. The number of nitrogens with zero attached hydrogens (tertiary/aromatic N) is 2. The van der Waals surface area contributed by atoms with Gasteiger partial charge in [0.2, 0.25) is 0 Å². The Labute approximate surface area is 67.6 Å². The van der Waals surface area contributed by atoms with E-state index in [-0.39, 0.29) is 0 Å². The highest BCUT2D eigenvalue weighted by atomic mass is 15.0. The van der Waals surface area contributed by atoms with E-state index in [9.17, 15) is 0 Å². The summed E-state index contributed by atoms with van der Waals surface area (Å²) in [5, 5.41) is 0. The molecule has 0 bridgehead atoms. The first-order valence-corrected chi connectivity index (χ1v) is 4.04. The van der Waals surface area contributed by atoms with E-state index in [2.05, 4.69) is 28.6 Å². The fourth-order valence-electron chi connectivity index (χ4n) is 0.927. The first-order chi connectivity index (χ1) is 5.43. The summed E-state index contributed by atoms with van der Waals surface area (Å²) in [6.45, 7) is 3.18. The van der Waals surface area contributed by atoms with Crippen LogP contribution < -0.4 is 0 Å². The summed E-state index contributed by atoms with van der Waals surface area (Å²) in [6, 6.07) is 0. The van der Waals surface area contributed by atoms with Crippen LogP contribution in [-0.4, -0.2) is 9.55 Å². The largest absolute Gasteiger partial charge is 0.337 e. The molecule has 0 spiro atoms. The molecule has 2 nitrogen and oxygen atoms in total. The summed E-state index contributed by atoms with van der Waals surface area (Å²) in [6.07, 6.45) is 12.3. The molecule has 0 radical (unpaired) electrons. The zero-order valence-corrected chi connectivity index (χ0v) is 6.90. The van der Waals surface area contributed by atoms with Crippen molar-refractivity contribution in [3.05, 3.63) is 30.9 Å². The third-order valence-corrected chi connectivity index (χ3v) is 1.52. The van der Waals surface area contributed by atoms with Gasteiger partial charge in [0.05, 0.1) is 6.33 Å². The molecule has 1 heterocycles. The minimum Gasteiger partial charge on any atom is -0.337 e. The second-order valence-electron chi connectivity index (χ2n) is 2.47. The van der Waals surface area contributed by atoms with Gasteiger partial charge in [0.15, 0.2) is 0 Å². The second-order valence-corrected chi connectivity index (χ2v) is 2.47. The van der Waals surface area contributed by atoms with Crippen LogP contribution in [0.4, 0.5) is 0 Å². The van der Waals surface area contributed by atoms with Gasteiger partial charge < -0.3 is 4.57 Å². The Kier molecular flexibility index (Phi) is 3.45. The maximum atomic E-state index is 3.96. The number of hydrogen-bond acceptors (Lipinski definition) is 1. The number of rotatable bonds is 4. The van der Waals surface area contributed by atoms with Crippen LogP contribution in [-0.2, 0) is 6.54 Å². The smallest absolute Gasteiger partial charge is 0.0946 e. The zero-order chi connectivity index (χ0) is 7.94. The highest BCUT2D eigenvalue weighted by Crippen LogP contribution is 1.92. The lowest BCUT2D eigenvalue weighted by atomic mass is 10.3. The third-order valence-electron chi connectivity index (χ3n) is 1.52. The first-order valence-electron chi connectivity index (χ1n) is 4.04. The Morgan fingerprint density at radius 1 is 1.45 bits per heavy atom. The molecule has 0 aromatic carbocycles. The van der Waals surface area contributed by atoms with Crippen molar-refractivity contribution in [1.82, 2.24) is 9.55 Å². The van der Waals surface area contributed by atoms with Gasteiger partial charge in [0.1, 0.15) is 0 Å². The van der Waals surface area contributed by atoms with Crippen molar-refractivity contribution >= 4 is 0 Å². The van der Waals surface area contributed by atoms with Crippen LogP contribution >= 0.6 is 0 Å². The molecule has 1 rings (SSSR count). The quantitative estimate of drug-likeness (QED) is 0.602. The minimum atomic E-state index is 1.04. The Morgan fingerprint density at radius 3 is 3.00 bits per heavy atom. The Hall–Kier alpha value is -1.05. The summed E-state index contributed by atoms with van der Waals surface area (Å²) in [4.78, 5) is 3.96. The van der Waals surface area contributed by atoms with Crippen molar-refractivity contribution in [3.63, 3.8) is 0 Å². The molecule has 0 amide bonds. The SMILES string of the molecule is CCC=CCCn1ccnc1.